The van der Waals surface area contributed by atoms with Crippen LogP contribution in [0.2, 0.25) is 0 Å². The van der Waals surface area contributed by atoms with E-state index >= 15 is 0 Å². The molecule has 5 nitrogen and oxygen atoms in total. The predicted octanol–water partition coefficient (Wildman–Crippen LogP) is 1.03. The lowest BCUT2D eigenvalue weighted by atomic mass is 10.3. The van der Waals surface area contributed by atoms with Gasteiger partial charge in [-0.3, -0.25) is 4.98 Å². The lowest BCUT2D eigenvalue weighted by molar-refractivity contribution is 0.318. The Bertz CT molecular complexity index is 490. The SMILES string of the molecule is N/C(=N/O)c1cccn1Cc1ccccn1. The van der Waals surface area contributed by atoms with Crippen molar-refractivity contribution in [1.82, 2.24) is 9.55 Å². The van der Waals surface area contributed by atoms with Gasteiger partial charge in [0.1, 0.15) is 0 Å². The number of rotatable bonds is 3. The smallest absolute Gasteiger partial charge is 0.186 e. The number of nitrogens with zero attached hydrogens (tertiary/aromatic N) is 3. The molecule has 5 heteroatoms. The lowest BCUT2D eigenvalue weighted by Crippen LogP contribution is -2.18. The van der Waals surface area contributed by atoms with Crippen molar-refractivity contribution in [2.75, 3.05) is 0 Å². The second-order valence-corrected chi connectivity index (χ2v) is 3.33. The van der Waals surface area contributed by atoms with Crippen LogP contribution in [0, 0.1) is 0 Å². The highest BCUT2D eigenvalue weighted by Crippen LogP contribution is 2.05. The first kappa shape index (κ1) is 10.2. The van der Waals surface area contributed by atoms with Gasteiger partial charge >= 0.3 is 0 Å². The van der Waals surface area contributed by atoms with E-state index in [4.69, 9.17) is 10.9 Å². The number of nitrogens with two attached hydrogens (primary N) is 1. The monoisotopic (exact) mass is 216 g/mol. The van der Waals surface area contributed by atoms with Gasteiger partial charge in [-0.2, -0.15) is 0 Å². The van der Waals surface area contributed by atoms with Gasteiger partial charge in [-0.15, -0.1) is 0 Å². The van der Waals surface area contributed by atoms with Crippen molar-refractivity contribution in [3.8, 4) is 0 Å². The number of amidine groups is 1. The van der Waals surface area contributed by atoms with Gasteiger partial charge in [-0.1, -0.05) is 11.2 Å². The van der Waals surface area contributed by atoms with E-state index in [1.54, 1.807) is 12.3 Å². The van der Waals surface area contributed by atoms with Crippen LogP contribution in [0.5, 0.6) is 0 Å². The van der Waals surface area contributed by atoms with Crippen LogP contribution >= 0.6 is 0 Å². The maximum Gasteiger partial charge on any atom is 0.186 e. The predicted molar refractivity (Wildman–Crippen MR) is 60.3 cm³/mol. The van der Waals surface area contributed by atoms with Crippen molar-refractivity contribution in [3.05, 3.63) is 54.1 Å². The van der Waals surface area contributed by atoms with Gasteiger partial charge in [0, 0.05) is 12.4 Å². The summed E-state index contributed by atoms with van der Waals surface area (Å²) in [5, 5.41) is 11.6. The molecule has 0 amide bonds. The van der Waals surface area contributed by atoms with Crippen molar-refractivity contribution in [3.63, 3.8) is 0 Å². The lowest BCUT2D eigenvalue weighted by Gasteiger charge is -2.07. The number of hydrogen-bond donors (Lipinski definition) is 2. The average Bonchev–Trinajstić information content (AvgIpc) is 2.77. The molecule has 0 aliphatic heterocycles. The van der Waals surface area contributed by atoms with E-state index < -0.39 is 0 Å². The molecule has 2 aromatic rings. The van der Waals surface area contributed by atoms with E-state index in [-0.39, 0.29) is 5.84 Å². The molecule has 2 rings (SSSR count). The fourth-order valence-electron chi connectivity index (χ4n) is 1.50. The summed E-state index contributed by atoms with van der Waals surface area (Å²) < 4.78 is 1.87. The maximum atomic E-state index is 8.63. The van der Waals surface area contributed by atoms with Gasteiger partial charge in [0.2, 0.25) is 0 Å². The third kappa shape index (κ3) is 2.03. The van der Waals surface area contributed by atoms with Gasteiger partial charge in [-0.25, -0.2) is 0 Å². The van der Waals surface area contributed by atoms with E-state index in [9.17, 15) is 0 Å². The standard InChI is InChI=1S/C11H12N4O/c12-11(14-16)10-5-3-7-15(10)8-9-4-1-2-6-13-9/h1-7,16H,8H2,(H2,12,14). The Morgan fingerprint density at radius 1 is 1.38 bits per heavy atom. The van der Waals surface area contributed by atoms with Crippen LogP contribution in [-0.4, -0.2) is 20.6 Å². The molecular weight excluding hydrogens is 204 g/mol. The molecule has 0 spiro atoms. The van der Waals surface area contributed by atoms with Crippen molar-refractivity contribution < 1.29 is 5.21 Å². The molecule has 0 radical (unpaired) electrons. The molecule has 0 fully saturated rings. The Morgan fingerprint density at radius 3 is 2.94 bits per heavy atom. The van der Waals surface area contributed by atoms with Crippen LogP contribution in [0.3, 0.4) is 0 Å². The molecule has 0 aromatic carbocycles. The van der Waals surface area contributed by atoms with Crippen LogP contribution in [0.25, 0.3) is 0 Å². The normalized spacial score (nSPS) is 11.6. The summed E-state index contributed by atoms with van der Waals surface area (Å²) in [4.78, 5) is 4.22. The highest BCUT2D eigenvalue weighted by molar-refractivity contribution is 5.95. The fraction of sp³-hybridized carbons (Fsp3) is 0.0909. The summed E-state index contributed by atoms with van der Waals surface area (Å²) in [5.41, 5.74) is 7.15. The first-order chi connectivity index (χ1) is 7.81. The van der Waals surface area contributed by atoms with Gasteiger partial charge in [0.05, 0.1) is 17.9 Å². The summed E-state index contributed by atoms with van der Waals surface area (Å²) in [7, 11) is 0. The van der Waals surface area contributed by atoms with Crippen LogP contribution in [-0.2, 0) is 6.54 Å². The largest absolute Gasteiger partial charge is 0.409 e. The van der Waals surface area contributed by atoms with Crippen LogP contribution in [0.4, 0.5) is 0 Å². The van der Waals surface area contributed by atoms with Crippen molar-refractivity contribution in [2.24, 2.45) is 10.9 Å². The van der Waals surface area contributed by atoms with Gasteiger partial charge in [0.25, 0.3) is 0 Å². The topological polar surface area (TPSA) is 76.4 Å². The first-order valence-electron chi connectivity index (χ1n) is 4.84. The molecule has 3 N–H and O–H groups in total. The molecule has 0 unspecified atom stereocenters. The fourth-order valence-corrected chi connectivity index (χ4v) is 1.50. The molecule has 16 heavy (non-hydrogen) atoms. The second-order valence-electron chi connectivity index (χ2n) is 3.33. The third-order valence-electron chi connectivity index (χ3n) is 2.26. The Morgan fingerprint density at radius 2 is 2.25 bits per heavy atom. The molecule has 0 bridgehead atoms. The van der Waals surface area contributed by atoms with E-state index in [0.717, 1.165) is 5.69 Å². The summed E-state index contributed by atoms with van der Waals surface area (Å²) in [5.74, 6) is 0.0981. The summed E-state index contributed by atoms with van der Waals surface area (Å²) in [6.07, 6.45) is 3.60. The molecule has 0 atom stereocenters. The van der Waals surface area contributed by atoms with Crippen LogP contribution in [0.15, 0.2) is 47.9 Å². The molecule has 0 saturated carbocycles. The van der Waals surface area contributed by atoms with E-state index in [1.165, 1.54) is 0 Å². The highest BCUT2D eigenvalue weighted by atomic mass is 16.4. The molecule has 2 heterocycles. The quantitative estimate of drug-likeness (QED) is 0.348. The number of pyridine rings is 1. The van der Waals surface area contributed by atoms with E-state index in [1.807, 2.05) is 35.0 Å². The Hall–Kier alpha value is -2.30. The van der Waals surface area contributed by atoms with Crippen molar-refractivity contribution in [2.45, 2.75) is 6.54 Å². The zero-order valence-corrected chi connectivity index (χ0v) is 8.61. The molecule has 0 saturated heterocycles. The minimum atomic E-state index is 0.0981. The molecule has 0 aliphatic carbocycles. The van der Waals surface area contributed by atoms with Crippen LogP contribution in [0.1, 0.15) is 11.4 Å². The second kappa shape index (κ2) is 4.48. The zero-order chi connectivity index (χ0) is 11.4. The third-order valence-corrected chi connectivity index (χ3v) is 2.26. The number of aromatic nitrogens is 2. The summed E-state index contributed by atoms with van der Waals surface area (Å²) in [6.45, 7) is 0.597. The minimum Gasteiger partial charge on any atom is -0.409 e. The minimum absolute atomic E-state index is 0.0981. The molecule has 2 aromatic heterocycles. The molecule has 0 aliphatic rings. The summed E-state index contributed by atoms with van der Waals surface area (Å²) in [6, 6.07) is 9.35. The van der Waals surface area contributed by atoms with Crippen molar-refractivity contribution in [1.29, 1.82) is 0 Å². The average molecular weight is 216 g/mol. The Kier molecular flexibility index (Phi) is 2.86. The number of hydrogen-bond acceptors (Lipinski definition) is 3. The molecule has 82 valence electrons. The maximum absolute atomic E-state index is 8.63. The zero-order valence-electron chi connectivity index (χ0n) is 8.61. The highest BCUT2D eigenvalue weighted by Gasteiger charge is 2.06. The summed E-state index contributed by atoms with van der Waals surface area (Å²) >= 11 is 0. The van der Waals surface area contributed by atoms with Gasteiger partial charge in [0.15, 0.2) is 5.84 Å². The van der Waals surface area contributed by atoms with E-state index in [2.05, 4.69) is 10.1 Å². The molecular formula is C11H12N4O. The van der Waals surface area contributed by atoms with E-state index in [0.29, 0.717) is 12.2 Å². The van der Waals surface area contributed by atoms with Crippen LogP contribution < -0.4 is 5.73 Å². The Labute approximate surface area is 92.8 Å². The van der Waals surface area contributed by atoms with Crippen molar-refractivity contribution >= 4 is 5.84 Å². The Balaban J connectivity index is 2.26. The first-order valence-corrected chi connectivity index (χ1v) is 4.84. The number of oxime groups is 1. The van der Waals surface area contributed by atoms with Gasteiger partial charge in [-0.05, 0) is 24.3 Å². The van der Waals surface area contributed by atoms with Gasteiger partial charge < -0.3 is 15.5 Å².